The number of nitriles is 1. The van der Waals surface area contributed by atoms with Crippen molar-refractivity contribution in [2.24, 2.45) is 0 Å². The average Bonchev–Trinajstić information content (AvgIpc) is 3.29. The van der Waals surface area contributed by atoms with E-state index in [1.807, 2.05) is 12.1 Å². The predicted molar refractivity (Wildman–Crippen MR) is 152 cm³/mol. The van der Waals surface area contributed by atoms with Crippen LogP contribution >= 0.6 is 0 Å². The summed E-state index contributed by atoms with van der Waals surface area (Å²) in [5.74, 6) is 0.526. The molecule has 3 aromatic carbocycles. The lowest BCUT2D eigenvalue weighted by atomic mass is 9.92. The number of nitrogens with one attached hydrogen (secondary N) is 1. The lowest BCUT2D eigenvalue weighted by molar-refractivity contribution is -0.205. The number of hydrogen-bond donors (Lipinski definition) is 1. The molecule has 1 amide bonds. The Morgan fingerprint density at radius 1 is 1.00 bits per heavy atom. The van der Waals surface area contributed by atoms with E-state index >= 15 is 0 Å². The predicted octanol–water partition coefficient (Wildman–Crippen LogP) is 8.34. The Morgan fingerprint density at radius 3 is 2.35 bits per heavy atom. The minimum absolute atomic E-state index is 0.174. The molecule has 6 rings (SSSR count). The van der Waals surface area contributed by atoms with Crippen molar-refractivity contribution in [3.8, 4) is 29.1 Å². The standard InChI is InChI=1S/C32H24F3N5O3/c33-32(34,35)29(21-6-2-1-3-7-21)43-31(41)39-22-12-10-20(11-13-22)28-26(19-36)25-15-14-24(42-30-37-16-5-17-38-30)18-27(25)40(28)23-8-4-9-23/h1-3,5-7,10-18,23,29H,4,8-9H2,(H,39,41). The van der Waals surface area contributed by atoms with Gasteiger partial charge in [-0.05, 0) is 55.2 Å². The van der Waals surface area contributed by atoms with Crippen LogP contribution in [0.4, 0.5) is 23.7 Å². The SMILES string of the molecule is N#Cc1c(-c2ccc(NC(=O)OC(c3ccccc3)C(F)(F)F)cc2)n(C2CCC2)c2cc(Oc3ncccn3)ccc12. The topological polar surface area (TPSA) is 102 Å². The summed E-state index contributed by atoms with van der Waals surface area (Å²) in [6.07, 6.45) is -2.32. The molecule has 0 aliphatic heterocycles. The molecule has 43 heavy (non-hydrogen) atoms. The van der Waals surface area contributed by atoms with E-state index in [4.69, 9.17) is 9.47 Å². The number of rotatable bonds is 7. The van der Waals surface area contributed by atoms with Crippen LogP contribution in [-0.2, 0) is 4.74 Å². The highest BCUT2D eigenvalue weighted by Gasteiger charge is 2.44. The van der Waals surface area contributed by atoms with E-state index in [-0.39, 0.29) is 23.3 Å². The van der Waals surface area contributed by atoms with Gasteiger partial charge in [-0.3, -0.25) is 5.32 Å². The van der Waals surface area contributed by atoms with Gasteiger partial charge in [-0.25, -0.2) is 14.8 Å². The Morgan fingerprint density at radius 2 is 1.72 bits per heavy atom. The fourth-order valence-electron chi connectivity index (χ4n) is 5.14. The fraction of sp³-hybridized carbons (Fsp3) is 0.188. The number of fused-ring (bicyclic) bond motifs is 1. The van der Waals surface area contributed by atoms with Crippen LogP contribution in [0.3, 0.4) is 0 Å². The lowest BCUT2D eigenvalue weighted by Gasteiger charge is -2.30. The number of carbonyl (C=O) groups excluding carboxylic acids is 1. The van der Waals surface area contributed by atoms with E-state index in [0.29, 0.717) is 22.6 Å². The first kappa shape index (κ1) is 27.8. The Balaban J connectivity index is 1.29. The highest BCUT2D eigenvalue weighted by Crippen LogP contribution is 2.44. The molecule has 1 aliphatic rings. The third-order valence-corrected chi connectivity index (χ3v) is 7.31. The average molecular weight is 584 g/mol. The van der Waals surface area contributed by atoms with Gasteiger partial charge >= 0.3 is 18.3 Å². The summed E-state index contributed by atoms with van der Waals surface area (Å²) in [6, 6.07) is 23.4. The van der Waals surface area contributed by atoms with E-state index in [1.54, 1.807) is 54.9 Å². The van der Waals surface area contributed by atoms with Gasteiger partial charge in [0.05, 0.1) is 16.8 Å². The summed E-state index contributed by atoms with van der Waals surface area (Å²) in [4.78, 5) is 20.7. The number of ether oxygens (including phenoxy) is 2. The zero-order chi connectivity index (χ0) is 30.0. The van der Waals surface area contributed by atoms with Crippen LogP contribution in [0.25, 0.3) is 22.2 Å². The largest absolute Gasteiger partial charge is 0.431 e. The number of anilines is 1. The van der Waals surface area contributed by atoms with E-state index in [9.17, 15) is 23.2 Å². The van der Waals surface area contributed by atoms with E-state index < -0.39 is 18.4 Å². The van der Waals surface area contributed by atoms with Gasteiger partial charge in [0.25, 0.3) is 0 Å². The molecular formula is C32H24F3N5O3. The maximum absolute atomic E-state index is 13.6. The number of amides is 1. The van der Waals surface area contributed by atoms with E-state index in [2.05, 4.69) is 25.9 Å². The molecular weight excluding hydrogens is 559 g/mol. The van der Waals surface area contributed by atoms with E-state index in [0.717, 1.165) is 30.2 Å². The first-order chi connectivity index (χ1) is 20.8. The quantitative estimate of drug-likeness (QED) is 0.207. The lowest BCUT2D eigenvalue weighted by Crippen LogP contribution is -2.28. The molecule has 0 saturated heterocycles. The molecule has 1 fully saturated rings. The van der Waals surface area contributed by atoms with Gasteiger partial charge in [-0.15, -0.1) is 0 Å². The molecule has 1 aliphatic carbocycles. The third kappa shape index (κ3) is 5.72. The summed E-state index contributed by atoms with van der Waals surface area (Å²) in [7, 11) is 0. The maximum atomic E-state index is 13.6. The van der Waals surface area contributed by atoms with Crippen LogP contribution in [0, 0.1) is 11.3 Å². The number of aromatic nitrogens is 3. The van der Waals surface area contributed by atoms with Crippen LogP contribution in [0.5, 0.6) is 11.8 Å². The van der Waals surface area contributed by atoms with Crippen LogP contribution in [0.1, 0.15) is 42.5 Å². The smallest absolute Gasteiger partial charge is 0.429 e. The molecule has 5 aromatic rings. The van der Waals surface area contributed by atoms with E-state index in [1.165, 1.54) is 24.3 Å². The van der Waals surface area contributed by atoms with Gasteiger partial charge in [-0.2, -0.15) is 18.4 Å². The molecule has 1 N–H and O–H groups in total. The summed E-state index contributed by atoms with van der Waals surface area (Å²) in [5.41, 5.74) is 2.80. The zero-order valence-corrected chi connectivity index (χ0v) is 22.6. The number of alkyl halides is 3. The Kier molecular flexibility index (Phi) is 7.42. The second-order valence-electron chi connectivity index (χ2n) is 10.0. The molecule has 8 nitrogen and oxygen atoms in total. The van der Waals surface area contributed by atoms with Crippen molar-refractivity contribution in [1.82, 2.24) is 14.5 Å². The molecule has 0 bridgehead atoms. The number of halogens is 3. The second kappa shape index (κ2) is 11.5. The van der Waals surface area contributed by atoms with Crippen molar-refractivity contribution < 1.29 is 27.4 Å². The van der Waals surface area contributed by atoms with Crippen molar-refractivity contribution in [3.05, 3.63) is 102 Å². The van der Waals surface area contributed by atoms with Gasteiger partial charge < -0.3 is 14.0 Å². The van der Waals surface area contributed by atoms with Gasteiger partial charge in [0.15, 0.2) is 0 Å². The third-order valence-electron chi connectivity index (χ3n) is 7.31. The van der Waals surface area contributed by atoms with Gasteiger partial charge in [-0.1, -0.05) is 42.5 Å². The number of carbonyl (C=O) groups is 1. The molecule has 2 aromatic heterocycles. The molecule has 0 spiro atoms. The summed E-state index contributed by atoms with van der Waals surface area (Å²) >= 11 is 0. The van der Waals surface area contributed by atoms with Crippen LogP contribution in [-0.4, -0.2) is 26.8 Å². The fourth-order valence-corrected chi connectivity index (χ4v) is 5.14. The van der Waals surface area contributed by atoms with Gasteiger partial charge in [0.1, 0.15) is 11.8 Å². The molecule has 1 atom stereocenters. The van der Waals surface area contributed by atoms with Gasteiger partial charge in [0.2, 0.25) is 6.10 Å². The van der Waals surface area contributed by atoms with Crippen molar-refractivity contribution in [1.29, 1.82) is 5.26 Å². The summed E-state index contributed by atoms with van der Waals surface area (Å²) in [6.45, 7) is 0. The monoisotopic (exact) mass is 583 g/mol. The Labute approximate surface area is 244 Å². The zero-order valence-electron chi connectivity index (χ0n) is 22.6. The number of nitrogens with zero attached hydrogens (tertiary/aromatic N) is 4. The molecule has 11 heteroatoms. The molecule has 216 valence electrons. The highest BCUT2D eigenvalue weighted by atomic mass is 19.4. The van der Waals surface area contributed by atoms with Crippen molar-refractivity contribution >= 4 is 22.7 Å². The second-order valence-corrected chi connectivity index (χ2v) is 10.0. The minimum atomic E-state index is -4.79. The normalized spacial score (nSPS) is 14.0. The highest BCUT2D eigenvalue weighted by molar-refractivity contribution is 5.96. The maximum Gasteiger partial charge on any atom is 0.429 e. The summed E-state index contributed by atoms with van der Waals surface area (Å²) < 4.78 is 53.7. The number of benzene rings is 3. The minimum Gasteiger partial charge on any atom is -0.431 e. The molecule has 0 radical (unpaired) electrons. The molecule has 2 heterocycles. The Bertz CT molecular complexity index is 1800. The number of hydrogen-bond acceptors (Lipinski definition) is 6. The van der Waals surface area contributed by atoms with Crippen LogP contribution < -0.4 is 10.1 Å². The first-order valence-corrected chi connectivity index (χ1v) is 13.5. The first-order valence-electron chi connectivity index (χ1n) is 13.5. The van der Waals surface area contributed by atoms with Crippen molar-refractivity contribution in [2.45, 2.75) is 37.6 Å². The van der Waals surface area contributed by atoms with Crippen molar-refractivity contribution in [3.63, 3.8) is 0 Å². The summed E-state index contributed by atoms with van der Waals surface area (Å²) in [5, 5.41) is 13.3. The Hall–Kier alpha value is -5.37. The molecule has 1 unspecified atom stereocenters. The van der Waals surface area contributed by atoms with Crippen LogP contribution in [0.2, 0.25) is 0 Å². The van der Waals surface area contributed by atoms with Gasteiger partial charge in [0, 0.05) is 41.1 Å². The van der Waals surface area contributed by atoms with Crippen LogP contribution in [0.15, 0.2) is 91.3 Å². The molecule has 1 saturated carbocycles. The van der Waals surface area contributed by atoms with Crippen molar-refractivity contribution in [2.75, 3.05) is 5.32 Å².